The average molecular weight is 352 g/mol. The van der Waals surface area contributed by atoms with Gasteiger partial charge in [-0.1, -0.05) is 37.3 Å². The highest BCUT2D eigenvalue weighted by Crippen LogP contribution is 2.15. The third-order valence-corrected chi connectivity index (χ3v) is 3.87. The molecule has 2 aromatic carbocycles. The van der Waals surface area contributed by atoms with Gasteiger partial charge in [-0.15, -0.1) is 0 Å². The van der Waals surface area contributed by atoms with E-state index in [9.17, 15) is 9.59 Å². The molecule has 0 fully saturated rings. The van der Waals surface area contributed by atoms with E-state index in [0.29, 0.717) is 0 Å². The summed E-state index contributed by atoms with van der Waals surface area (Å²) in [6, 6.07) is 15.1. The van der Waals surface area contributed by atoms with Gasteiger partial charge in [-0.05, 0) is 41.8 Å². The Hall–Kier alpha value is -3.08. The lowest BCUT2D eigenvalue weighted by molar-refractivity contribution is -0.117. The molecule has 0 heterocycles. The van der Waals surface area contributed by atoms with Crippen molar-refractivity contribution in [3.63, 3.8) is 0 Å². The summed E-state index contributed by atoms with van der Waals surface area (Å²) in [5, 5.41) is 5.59. The zero-order chi connectivity index (χ0) is 18.8. The fraction of sp³-hybridized carbons (Fsp3) is 0.238. The molecule has 2 amide bonds. The predicted octanol–water partition coefficient (Wildman–Crippen LogP) is 3.42. The molecular weight excluding hydrogens is 328 g/mol. The van der Waals surface area contributed by atoms with E-state index in [-0.39, 0.29) is 24.8 Å². The van der Waals surface area contributed by atoms with Crippen LogP contribution in [0.3, 0.4) is 0 Å². The molecule has 2 aromatic rings. The number of hydrogen-bond donors (Lipinski definition) is 2. The Balaban J connectivity index is 1.75. The molecule has 0 aromatic heterocycles. The van der Waals surface area contributed by atoms with Gasteiger partial charge in [-0.25, -0.2) is 0 Å². The fourth-order valence-electron chi connectivity index (χ4n) is 2.41. The van der Waals surface area contributed by atoms with Gasteiger partial charge in [0.25, 0.3) is 0 Å². The molecule has 0 unspecified atom stereocenters. The second-order valence-electron chi connectivity index (χ2n) is 5.71. The van der Waals surface area contributed by atoms with Crippen molar-refractivity contribution in [1.29, 1.82) is 0 Å². The first kappa shape index (κ1) is 19.2. The molecule has 0 saturated heterocycles. The van der Waals surface area contributed by atoms with Gasteiger partial charge in [-0.3, -0.25) is 9.59 Å². The second kappa shape index (κ2) is 10.0. The maximum Gasteiger partial charge on any atom is 0.244 e. The number of anilines is 1. The van der Waals surface area contributed by atoms with Crippen LogP contribution in [0.2, 0.25) is 0 Å². The Morgan fingerprint density at radius 2 is 1.81 bits per heavy atom. The van der Waals surface area contributed by atoms with Crippen LogP contribution >= 0.6 is 0 Å². The molecule has 26 heavy (non-hydrogen) atoms. The number of ether oxygens (including phenoxy) is 1. The summed E-state index contributed by atoms with van der Waals surface area (Å²) in [5.74, 6) is 0.412. The first-order valence-corrected chi connectivity index (χ1v) is 8.60. The van der Waals surface area contributed by atoms with Gasteiger partial charge in [0.05, 0.1) is 7.11 Å². The number of methoxy groups -OCH3 is 1. The van der Waals surface area contributed by atoms with Crippen molar-refractivity contribution < 1.29 is 14.3 Å². The van der Waals surface area contributed by atoms with Crippen LogP contribution in [0.1, 0.15) is 24.5 Å². The van der Waals surface area contributed by atoms with E-state index in [0.717, 1.165) is 29.0 Å². The lowest BCUT2D eigenvalue weighted by Gasteiger charge is -2.09. The summed E-state index contributed by atoms with van der Waals surface area (Å²) in [6.07, 6.45) is 4.24. The van der Waals surface area contributed by atoms with Crippen LogP contribution in [0.15, 0.2) is 54.6 Å². The van der Waals surface area contributed by atoms with Gasteiger partial charge in [0.1, 0.15) is 5.75 Å². The first-order chi connectivity index (χ1) is 12.6. The number of aryl methyl sites for hydroxylation is 1. The van der Waals surface area contributed by atoms with Crippen LogP contribution in [-0.2, 0) is 16.0 Å². The normalized spacial score (nSPS) is 10.5. The summed E-state index contributed by atoms with van der Waals surface area (Å²) < 4.78 is 5.09. The lowest BCUT2D eigenvalue weighted by atomic mass is 10.1. The number of hydrogen-bond acceptors (Lipinski definition) is 3. The molecular formula is C21H24N2O3. The molecule has 0 aliphatic rings. The molecule has 5 nitrogen and oxygen atoms in total. The Morgan fingerprint density at radius 3 is 2.50 bits per heavy atom. The summed E-state index contributed by atoms with van der Waals surface area (Å²) in [6.45, 7) is 2.33. The van der Waals surface area contributed by atoms with Crippen molar-refractivity contribution in [2.75, 3.05) is 19.0 Å². The number of amides is 2. The van der Waals surface area contributed by atoms with E-state index in [2.05, 4.69) is 10.6 Å². The van der Waals surface area contributed by atoms with Gasteiger partial charge in [0, 0.05) is 24.7 Å². The number of nitrogens with one attached hydrogen (secondary N) is 2. The molecule has 0 bridgehead atoms. The third-order valence-electron chi connectivity index (χ3n) is 3.87. The van der Waals surface area contributed by atoms with Crippen molar-refractivity contribution in [1.82, 2.24) is 5.32 Å². The molecule has 0 radical (unpaired) electrons. The van der Waals surface area contributed by atoms with Crippen molar-refractivity contribution >= 4 is 23.6 Å². The molecule has 0 atom stereocenters. The van der Waals surface area contributed by atoms with Gasteiger partial charge in [0.2, 0.25) is 11.8 Å². The van der Waals surface area contributed by atoms with E-state index >= 15 is 0 Å². The minimum Gasteiger partial charge on any atom is -0.497 e. The highest BCUT2D eigenvalue weighted by molar-refractivity contribution is 5.94. The van der Waals surface area contributed by atoms with Crippen LogP contribution < -0.4 is 15.4 Å². The third kappa shape index (κ3) is 6.09. The minimum atomic E-state index is -0.234. The number of rotatable bonds is 8. The van der Waals surface area contributed by atoms with Crippen LogP contribution in [0, 0.1) is 0 Å². The summed E-state index contributed by atoms with van der Waals surface area (Å²) >= 11 is 0. The lowest BCUT2D eigenvalue weighted by Crippen LogP contribution is -2.26. The quantitative estimate of drug-likeness (QED) is 0.716. The van der Waals surface area contributed by atoms with E-state index in [1.165, 1.54) is 6.08 Å². The maximum absolute atomic E-state index is 12.0. The molecule has 0 aliphatic heterocycles. The molecule has 0 saturated carbocycles. The average Bonchev–Trinajstić information content (AvgIpc) is 2.67. The Labute approximate surface area is 154 Å². The topological polar surface area (TPSA) is 67.4 Å². The smallest absolute Gasteiger partial charge is 0.244 e. The molecule has 136 valence electrons. The van der Waals surface area contributed by atoms with Gasteiger partial charge in [-0.2, -0.15) is 0 Å². The van der Waals surface area contributed by atoms with Crippen molar-refractivity contribution in [2.24, 2.45) is 0 Å². The summed E-state index contributed by atoms with van der Waals surface area (Å²) in [5.41, 5.74) is 2.81. The number of carbonyl (C=O) groups is 2. The highest BCUT2D eigenvalue weighted by atomic mass is 16.5. The zero-order valence-corrected chi connectivity index (χ0v) is 15.1. The van der Waals surface area contributed by atoms with Gasteiger partial charge in [0.15, 0.2) is 0 Å². The van der Waals surface area contributed by atoms with E-state index in [1.54, 1.807) is 13.2 Å². The van der Waals surface area contributed by atoms with Crippen LogP contribution in [0.25, 0.3) is 6.08 Å². The molecule has 0 spiro atoms. The van der Waals surface area contributed by atoms with Gasteiger partial charge >= 0.3 is 0 Å². The Bertz CT molecular complexity index is 767. The van der Waals surface area contributed by atoms with Crippen LogP contribution in [-0.4, -0.2) is 25.5 Å². The number of carbonyl (C=O) groups excluding carboxylic acids is 2. The fourth-order valence-corrected chi connectivity index (χ4v) is 2.41. The van der Waals surface area contributed by atoms with Crippen LogP contribution in [0.5, 0.6) is 5.75 Å². The van der Waals surface area contributed by atoms with Crippen molar-refractivity contribution in [3.8, 4) is 5.75 Å². The minimum absolute atomic E-state index is 0.120. The van der Waals surface area contributed by atoms with Gasteiger partial charge < -0.3 is 15.4 Å². The van der Waals surface area contributed by atoms with E-state index < -0.39 is 0 Å². The SMILES string of the molecule is CCc1ccccc1NC(=O)CCNC(=O)C=Cc1ccc(OC)cc1. The van der Waals surface area contributed by atoms with Crippen molar-refractivity contribution in [3.05, 3.63) is 65.7 Å². The molecule has 2 N–H and O–H groups in total. The molecule has 0 aliphatic carbocycles. The predicted molar refractivity (Wildman–Crippen MR) is 104 cm³/mol. The summed E-state index contributed by atoms with van der Waals surface area (Å²) in [4.78, 5) is 23.8. The number of benzene rings is 2. The monoisotopic (exact) mass is 352 g/mol. The van der Waals surface area contributed by atoms with Crippen LogP contribution in [0.4, 0.5) is 5.69 Å². The van der Waals surface area contributed by atoms with Crippen molar-refractivity contribution in [2.45, 2.75) is 19.8 Å². The Morgan fingerprint density at radius 1 is 1.08 bits per heavy atom. The standard InChI is InChI=1S/C21H24N2O3/c1-3-17-6-4-5-7-19(17)23-21(25)14-15-22-20(24)13-10-16-8-11-18(26-2)12-9-16/h4-13H,3,14-15H2,1-2H3,(H,22,24)(H,23,25). The highest BCUT2D eigenvalue weighted by Gasteiger charge is 2.06. The second-order valence-corrected chi connectivity index (χ2v) is 5.71. The number of para-hydroxylation sites is 1. The molecule has 5 heteroatoms. The Kier molecular flexibility index (Phi) is 7.43. The first-order valence-electron chi connectivity index (χ1n) is 8.60. The largest absolute Gasteiger partial charge is 0.497 e. The zero-order valence-electron chi connectivity index (χ0n) is 15.1. The molecule has 2 rings (SSSR count). The summed E-state index contributed by atoms with van der Waals surface area (Å²) in [7, 11) is 1.61. The van der Waals surface area contributed by atoms with E-state index in [4.69, 9.17) is 4.74 Å². The maximum atomic E-state index is 12.0. The van der Waals surface area contributed by atoms with E-state index in [1.807, 2.05) is 55.5 Å².